The number of fused-ring (bicyclic) bond motifs is 1. The molecule has 0 radical (unpaired) electrons. The summed E-state index contributed by atoms with van der Waals surface area (Å²) >= 11 is 1.28. The highest BCUT2D eigenvalue weighted by molar-refractivity contribution is 7.99. The molecular formula is C22H25N5OS. The predicted molar refractivity (Wildman–Crippen MR) is 116 cm³/mol. The van der Waals surface area contributed by atoms with Crippen LogP contribution >= 0.6 is 11.8 Å². The zero-order chi connectivity index (χ0) is 20.2. The minimum atomic E-state index is -0.0514. The molecule has 3 aromatic rings. The maximum absolute atomic E-state index is 12.4. The van der Waals surface area contributed by atoms with Gasteiger partial charge in [-0.25, -0.2) is 4.68 Å². The van der Waals surface area contributed by atoms with E-state index in [-0.39, 0.29) is 17.7 Å². The molecule has 0 saturated heterocycles. The van der Waals surface area contributed by atoms with Gasteiger partial charge >= 0.3 is 0 Å². The van der Waals surface area contributed by atoms with Gasteiger partial charge in [0.25, 0.3) is 0 Å². The van der Waals surface area contributed by atoms with Crippen LogP contribution in [0, 0.1) is 0 Å². The van der Waals surface area contributed by atoms with Gasteiger partial charge in [-0.3, -0.25) is 4.79 Å². The van der Waals surface area contributed by atoms with Gasteiger partial charge in [-0.2, -0.15) is 0 Å². The molecule has 0 bridgehead atoms. The lowest BCUT2D eigenvalue weighted by molar-refractivity contribution is -0.119. The van der Waals surface area contributed by atoms with E-state index in [0.29, 0.717) is 11.0 Å². The van der Waals surface area contributed by atoms with Crippen LogP contribution in [-0.2, 0) is 17.6 Å². The van der Waals surface area contributed by atoms with Crippen LogP contribution in [0.1, 0.15) is 42.5 Å². The molecule has 1 unspecified atom stereocenters. The van der Waals surface area contributed by atoms with Crippen molar-refractivity contribution >= 4 is 17.7 Å². The van der Waals surface area contributed by atoms with E-state index in [2.05, 4.69) is 33.7 Å². The number of amides is 1. The van der Waals surface area contributed by atoms with Crippen LogP contribution in [0.15, 0.2) is 53.7 Å². The number of carbonyl (C=O) groups is 1. The Hall–Kier alpha value is -2.80. The van der Waals surface area contributed by atoms with E-state index >= 15 is 0 Å². The van der Waals surface area contributed by atoms with Gasteiger partial charge in [0.15, 0.2) is 5.82 Å². The van der Waals surface area contributed by atoms with Crippen LogP contribution in [0.5, 0.6) is 0 Å². The molecule has 0 spiro atoms. The molecular weight excluding hydrogens is 382 g/mol. The summed E-state index contributed by atoms with van der Waals surface area (Å²) in [6.45, 7) is 2.02. The lowest BCUT2D eigenvalue weighted by Crippen LogP contribution is -2.28. The maximum atomic E-state index is 12.4. The van der Waals surface area contributed by atoms with Crippen molar-refractivity contribution in [1.82, 2.24) is 20.2 Å². The smallest absolute Gasteiger partial charge is 0.230 e. The molecule has 1 aromatic heterocycles. The number of nitrogen functional groups attached to an aromatic ring is 1. The molecule has 0 aliphatic heterocycles. The van der Waals surface area contributed by atoms with Crippen molar-refractivity contribution < 1.29 is 4.79 Å². The topological polar surface area (TPSA) is 85.8 Å². The van der Waals surface area contributed by atoms with Crippen molar-refractivity contribution in [2.75, 3.05) is 11.6 Å². The number of hydrogen-bond acceptors (Lipinski definition) is 5. The average Bonchev–Trinajstić information content (AvgIpc) is 3.12. The third kappa shape index (κ3) is 4.45. The Morgan fingerprint density at radius 3 is 2.69 bits per heavy atom. The third-order valence-electron chi connectivity index (χ3n) is 5.28. The number of benzene rings is 2. The molecule has 2 aromatic carbocycles. The van der Waals surface area contributed by atoms with Gasteiger partial charge in [0.2, 0.25) is 11.1 Å². The van der Waals surface area contributed by atoms with Crippen LogP contribution < -0.4 is 11.2 Å². The summed E-state index contributed by atoms with van der Waals surface area (Å²) in [5.41, 5.74) is 4.91. The Balaban J connectivity index is 1.35. The lowest BCUT2D eigenvalue weighted by Gasteiger charge is -2.20. The zero-order valence-electron chi connectivity index (χ0n) is 16.5. The van der Waals surface area contributed by atoms with Crippen LogP contribution in [0.3, 0.4) is 0 Å². The van der Waals surface area contributed by atoms with Crippen LogP contribution in [0.2, 0.25) is 0 Å². The van der Waals surface area contributed by atoms with E-state index in [1.54, 1.807) is 0 Å². The van der Waals surface area contributed by atoms with E-state index in [1.165, 1.54) is 40.4 Å². The molecule has 150 valence electrons. The average molecular weight is 408 g/mol. The third-order valence-corrected chi connectivity index (χ3v) is 6.22. The molecule has 1 heterocycles. The fraction of sp³-hybridized carbons (Fsp3) is 0.318. The summed E-state index contributed by atoms with van der Waals surface area (Å²) < 4.78 is 1.43. The summed E-state index contributed by atoms with van der Waals surface area (Å²) in [5.74, 6) is 6.88. The summed E-state index contributed by atoms with van der Waals surface area (Å²) in [6.07, 6.45) is 4.82. The first kappa shape index (κ1) is 19.5. The SMILES string of the molecule is CC(NC(=O)CSc1nnc(-c2ccccc2)n1N)c1ccc2c(c1)CCCC2. The maximum Gasteiger partial charge on any atom is 0.230 e. The molecule has 1 aliphatic carbocycles. The lowest BCUT2D eigenvalue weighted by atomic mass is 9.89. The van der Waals surface area contributed by atoms with Crippen molar-refractivity contribution in [2.45, 2.75) is 43.8 Å². The number of aromatic nitrogens is 3. The summed E-state index contributed by atoms with van der Waals surface area (Å²) in [6, 6.07) is 16.2. The zero-order valence-corrected chi connectivity index (χ0v) is 17.3. The first-order valence-electron chi connectivity index (χ1n) is 9.91. The van der Waals surface area contributed by atoms with Gasteiger partial charge in [0.05, 0.1) is 11.8 Å². The number of aryl methyl sites for hydroxylation is 2. The second kappa shape index (κ2) is 8.69. The van der Waals surface area contributed by atoms with Gasteiger partial charge in [-0.1, -0.05) is 60.3 Å². The minimum absolute atomic E-state index is 0.0362. The van der Waals surface area contributed by atoms with Gasteiger partial charge in [0.1, 0.15) is 0 Å². The predicted octanol–water partition coefficient (Wildman–Crippen LogP) is 3.51. The van der Waals surface area contributed by atoms with Gasteiger partial charge in [0, 0.05) is 5.56 Å². The monoisotopic (exact) mass is 407 g/mol. The first-order chi connectivity index (χ1) is 14.1. The number of nitrogens with one attached hydrogen (secondary N) is 1. The van der Waals surface area contributed by atoms with Crippen molar-refractivity contribution in [3.63, 3.8) is 0 Å². The normalized spacial score (nSPS) is 14.2. The second-order valence-corrected chi connectivity index (χ2v) is 8.30. The highest BCUT2D eigenvalue weighted by Gasteiger charge is 2.16. The standard InChI is InChI=1S/C22H25N5OS/c1-15(18-12-11-16-7-5-6-10-19(16)13-18)24-20(28)14-29-22-26-25-21(27(22)23)17-8-3-2-4-9-17/h2-4,8-9,11-13,15H,5-7,10,14,23H2,1H3,(H,24,28). The van der Waals surface area contributed by atoms with Crippen molar-refractivity contribution in [3.8, 4) is 11.4 Å². The number of hydrogen-bond donors (Lipinski definition) is 2. The molecule has 7 heteroatoms. The molecule has 1 amide bonds. The van der Waals surface area contributed by atoms with E-state index in [0.717, 1.165) is 24.0 Å². The van der Waals surface area contributed by atoms with Crippen molar-refractivity contribution in [3.05, 3.63) is 65.2 Å². The Morgan fingerprint density at radius 2 is 1.90 bits per heavy atom. The van der Waals surface area contributed by atoms with Gasteiger partial charge in [-0.15, -0.1) is 10.2 Å². The number of carbonyl (C=O) groups excluding carboxylic acids is 1. The van der Waals surface area contributed by atoms with Crippen molar-refractivity contribution in [2.24, 2.45) is 0 Å². The van der Waals surface area contributed by atoms with Crippen molar-refractivity contribution in [1.29, 1.82) is 0 Å². The van der Waals surface area contributed by atoms with E-state index < -0.39 is 0 Å². The van der Waals surface area contributed by atoms with Crippen LogP contribution in [0.4, 0.5) is 0 Å². The Kier molecular flexibility index (Phi) is 5.85. The molecule has 3 N–H and O–H groups in total. The molecule has 29 heavy (non-hydrogen) atoms. The highest BCUT2D eigenvalue weighted by atomic mass is 32.2. The molecule has 4 rings (SSSR count). The Labute approximate surface area is 174 Å². The minimum Gasteiger partial charge on any atom is -0.349 e. The van der Waals surface area contributed by atoms with E-state index in [9.17, 15) is 4.79 Å². The summed E-state index contributed by atoms with van der Waals surface area (Å²) in [4.78, 5) is 12.4. The van der Waals surface area contributed by atoms with Crippen LogP contribution in [0.25, 0.3) is 11.4 Å². The molecule has 1 aliphatic rings. The first-order valence-corrected chi connectivity index (χ1v) is 10.9. The largest absolute Gasteiger partial charge is 0.349 e. The number of rotatable bonds is 6. The Morgan fingerprint density at radius 1 is 1.14 bits per heavy atom. The quantitative estimate of drug-likeness (QED) is 0.482. The summed E-state index contributed by atoms with van der Waals surface area (Å²) in [7, 11) is 0. The van der Waals surface area contributed by atoms with E-state index in [4.69, 9.17) is 5.84 Å². The number of nitrogens with zero attached hydrogens (tertiary/aromatic N) is 3. The molecule has 6 nitrogen and oxygen atoms in total. The number of nitrogens with two attached hydrogens (primary N) is 1. The molecule has 1 atom stereocenters. The fourth-order valence-electron chi connectivity index (χ4n) is 3.68. The van der Waals surface area contributed by atoms with E-state index in [1.807, 2.05) is 37.3 Å². The molecule has 0 fully saturated rings. The molecule has 0 saturated carbocycles. The second-order valence-electron chi connectivity index (χ2n) is 7.36. The van der Waals surface area contributed by atoms with Gasteiger partial charge in [-0.05, 0) is 49.3 Å². The van der Waals surface area contributed by atoms with Gasteiger partial charge < -0.3 is 11.2 Å². The highest BCUT2D eigenvalue weighted by Crippen LogP contribution is 2.25. The summed E-state index contributed by atoms with van der Waals surface area (Å²) in [5, 5.41) is 11.9. The van der Waals surface area contributed by atoms with Crippen LogP contribution in [-0.4, -0.2) is 26.5 Å². The number of thioether (sulfide) groups is 1. The Bertz CT molecular complexity index is 1000. The fourth-order valence-corrected chi connectivity index (χ4v) is 4.35.